The van der Waals surface area contributed by atoms with Crippen LogP contribution in [0.5, 0.6) is 0 Å². The van der Waals surface area contributed by atoms with E-state index in [1.807, 2.05) is 42.5 Å². The Kier molecular flexibility index (Phi) is 5.51. The first-order valence-electron chi connectivity index (χ1n) is 8.42. The Labute approximate surface area is 157 Å². The van der Waals surface area contributed by atoms with Crippen LogP contribution in [0.2, 0.25) is 0 Å². The largest absolute Gasteiger partial charge is 0.360 e. The van der Waals surface area contributed by atoms with E-state index in [-0.39, 0.29) is 18.4 Å². The first-order chi connectivity index (χ1) is 13.0. The number of likely N-dealkylation sites (N-methyl/N-ethyl adjacent to an activating group) is 1. The van der Waals surface area contributed by atoms with Gasteiger partial charge >= 0.3 is 0 Å². The molecule has 0 fully saturated rings. The number of anilines is 3. The summed E-state index contributed by atoms with van der Waals surface area (Å²) in [4.78, 5) is 26.3. The van der Waals surface area contributed by atoms with E-state index in [0.29, 0.717) is 22.8 Å². The molecule has 0 aliphatic carbocycles. The molecule has 0 aliphatic heterocycles. The zero-order chi connectivity index (χ0) is 19.2. The van der Waals surface area contributed by atoms with Gasteiger partial charge in [-0.15, -0.1) is 0 Å². The second kappa shape index (κ2) is 8.18. The van der Waals surface area contributed by atoms with Crippen LogP contribution in [0.25, 0.3) is 0 Å². The molecule has 0 atom stereocenters. The Hall–Kier alpha value is -3.61. The molecule has 0 saturated heterocycles. The van der Waals surface area contributed by atoms with Gasteiger partial charge in [-0.3, -0.25) is 9.59 Å². The predicted octanol–water partition coefficient (Wildman–Crippen LogP) is 3.44. The number of aromatic nitrogens is 1. The summed E-state index contributed by atoms with van der Waals surface area (Å²) in [6.07, 6.45) is 0. The first-order valence-corrected chi connectivity index (χ1v) is 8.42. The molecule has 0 saturated carbocycles. The van der Waals surface area contributed by atoms with Crippen molar-refractivity contribution in [3.63, 3.8) is 0 Å². The molecule has 3 rings (SSSR count). The summed E-state index contributed by atoms with van der Waals surface area (Å²) in [6, 6.07) is 18.4. The van der Waals surface area contributed by atoms with Gasteiger partial charge in [0, 0.05) is 18.8 Å². The molecule has 27 heavy (non-hydrogen) atoms. The molecule has 0 radical (unpaired) electrons. The van der Waals surface area contributed by atoms with Gasteiger partial charge in [0.2, 0.25) is 5.91 Å². The van der Waals surface area contributed by atoms with Gasteiger partial charge in [-0.25, -0.2) is 0 Å². The van der Waals surface area contributed by atoms with Crippen molar-refractivity contribution in [1.29, 1.82) is 0 Å². The Morgan fingerprint density at radius 2 is 1.78 bits per heavy atom. The highest BCUT2D eigenvalue weighted by molar-refractivity contribution is 6.02. The van der Waals surface area contributed by atoms with Gasteiger partial charge in [0.25, 0.3) is 5.91 Å². The maximum atomic E-state index is 12.8. The monoisotopic (exact) mass is 364 g/mol. The number of nitrogens with zero attached hydrogens (tertiary/aromatic N) is 2. The third kappa shape index (κ3) is 4.72. The van der Waals surface area contributed by atoms with Crippen LogP contribution in [0, 0.1) is 6.92 Å². The van der Waals surface area contributed by atoms with Crippen LogP contribution in [0.15, 0.2) is 65.2 Å². The van der Waals surface area contributed by atoms with Crippen LogP contribution in [0.1, 0.15) is 16.1 Å². The van der Waals surface area contributed by atoms with E-state index in [1.165, 1.54) is 4.90 Å². The normalized spacial score (nSPS) is 10.3. The van der Waals surface area contributed by atoms with Crippen LogP contribution in [-0.2, 0) is 4.79 Å². The molecule has 7 heteroatoms. The Morgan fingerprint density at radius 1 is 1.07 bits per heavy atom. The number of carbonyl (C=O) groups is 2. The van der Waals surface area contributed by atoms with E-state index in [9.17, 15) is 9.59 Å². The van der Waals surface area contributed by atoms with Crippen LogP contribution in [-0.4, -0.2) is 35.5 Å². The molecule has 1 heterocycles. The highest BCUT2D eigenvalue weighted by Gasteiger charge is 2.18. The summed E-state index contributed by atoms with van der Waals surface area (Å²) in [7, 11) is 1.58. The minimum atomic E-state index is -0.354. The fraction of sp³-hybridized carbons (Fsp3) is 0.150. The molecule has 2 N–H and O–H groups in total. The van der Waals surface area contributed by atoms with Crippen LogP contribution >= 0.6 is 0 Å². The molecule has 3 aromatic rings. The molecular weight excluding hydrogens is 344 g/mol. The number of para-hydroxylation sites is 2. The number of aryl methyl sites for hydroxylation is 1. The van der Waals surface area contributed by atoms with Crippen molar-refractivity contribution in [3.05, 3.63) is 72.0 Å². The van der Waals surface area contributed by atoms with Crippen molar-refractivity contribution >= 4 is 29.0 Å². The lowest BCUT2D eigenvalue weighted by atomic mass is 10.1. The molecule has 138 valence electrons. The first kappa shape index (κ1) is 18.2. The summed E-state index contributed by atoms with van der Waals surface area (Å²) in [6.45, 7) is 1.62. The number of nitrogens with one attached hydrogen (secondary N) is 2. The average molecular weight is 364 g/mol. The van der Waals surface area contributed by atoms with E-state index in [0.717, 1.165) is 5.69 Å². The van der Waals surface area contributed by atoms with E-state index >= 15 is 0 Å². The third-order valence-corrected chi connectivity index (χ3v) is 3.83. The molecule has 0 aliphatic rings. The summed E-state index contributed by atoms with van der Waals surface area (Å²) in [5, 5.41) is 9.54. The van der Waals surface area contributed by atoms with Crippen molar-refractivity contribution in [2.45, 2.75) is 6.92 Å². The second-order valence-corrected chi connectivity index (χ2v) is 6.07. The van der Waals surface area contributed by atoms with E-state index in [2.05, 4.69) is 15.8 Å². The minimum absolute atomic E-state index is 0.107. The van der Waals surface area contributed by atoms with Crippen LogP contribution in [0.4, 0.5) is 17.2 Å². The van der Waals surface area contributed by atoms with Crippen molar-refractivity contribution in [1.82, 2.24) is 10.1 Å². The van der Waals surface area contributed by atoms with Crippen molar-refractivity contribution in [2.24, 2.45) is 0 Å². The quantitative estimate of drug-likeness (QED) is 0.700. The molecule has 7 nitrogen and oxygen atoms in total. The lowest BCUT2D eigenvalue weighted by Gasteiger charge is -2.19. The Balaban J connectivity index is 1.68. The lowest BCUT2D eigenvalue weighted by molar-refractivity contribution is -0.116. The van der Waals surface area contributed by atoms with E-state index in [1.54, 1.807) is 32.2 Å². The Bertz CT molecular complexity index is 937. The SMILES string of the molecule is Cc1cc(NC(=O)CN(C)C(=O)c2ccccc2Nc2ccccc2)no1. The number of benzene rings is 2. The van der Waals surface area contributed by atoms with Gasteiger partial charge in [0.1, 0.15) is 5.76 Å². The smallest absolute Gasteiger partial charge is 0.256 e. The molecule has 0 spiro atoms. The fourth-order valence-corrected chi connectivity index (χ4v) is 2.56. The summed E-state index contributed by atoms with van der Waals surface area (Å²) < 4.78 is 4.91. The minimum Gasteiger partial charge on any atom is -0.360 e. The topological polar surface area (TPSA) is 87.5 Å². The summed E-state index contributed by atoms with van der Waals surface area (Å²) in [5.74, 6) is 0.299. The predicted molar refractivity (Wildman–Crippen MR) is 103 cm³/mol. The molecule has 0 unspecified atom stereocenters. The maximum absolute atomic E-state index is 12.8. The van der Waals surface area contributed by atoms with Crippen molar-refractivity contribution in [2.75, 3.05) is 24.2 Å². The molecule has 2 amide bonds. The molecular formula is C20H20N4O3. The lowest BCUT2D eigenvalue weighted by Crippen LogP contribution is -2.35. The fourth-order valence-electron chi connectivity index (χ4n) is 2.56. The number of amides is 2. The molecule has 1 aromatic heterocycles. The number of carbonyl (C=O) groups excluding carboxylic acids is 2. The van der Waals surface area contributed by atoms with Crippen LogP contribution < -0.4 is 10.6 Å². The van der Waals surface area contributed by atoms with Gasteiger partial charge in [-0.1, -0.05) is 35.5 Å². The zero-order valence-electron chi connectivity index (χ0n) is 15.1. The number of rotatable bonds is 6. The molecule has 2 aromatic carbocycles. The highest BCUT2D eigenvalue weighted by atomic mass is 16.5. The standard InChI is InChI=1S/C20H20N4O3/c1-14-12-18(23-27-14)22-19(25)13-24(2)20(26)16-10-6-7-11-17(16)21-15-8-4-3-5-9-15/h3-12,21H,13H2,1-2H3,(H,22,23,25). The van der Waals surface area contributed by atoms with Crippen molar-refractivity contribution < 1.29 is 14.1 Å². The van der Waals surface area contributed by atoms with Gasteiger partial charge in [-0.2, -0.15) is 0 Å². The summed E-state index contributed by atoms with van der Waals surface area (Å²) in [5.41, 5.74) is 2.03. The third-order valence-electron chi connectivity index (χ3n) is 3.83. The van der Waals surface area contributed by atoms with E-state index in [4.69, 9.17) is 4.52 Å². The maximum Gasteiger partial charge on any atom is 0.256 e. The van der Waals surface area contributed by atoms with Gasteiger partial charge < -0.3 is 20.1 Å². The van der Waals surface area contributed by atoms with Crippen LogP contribution in [0.3, 0.4) is 0 Å². The second-order valence-electron chi connectivity index (χ2n) is 6.07. The zero-order valence-corrected chi connectivity index (χ0v) is 15.1. The van der Waals surface area contributed by atoms with Gasteiger partial charge in [-0.05, 0) is 31.2 Å². The van der Waals surface area contributed by atoms with Gasteiger partial charge in [0.05, 0.1) is 17.8 Å². The van der Waals surface area contributed by atoms with Crippen molar-refractivity contribution in [3.8, 4) is 0 Å². The molecule has 0 bridgehead atoms. The van der Waals surface area contributed by atoms with Gasteiger partial charge in [0.15, 0.2) is 5.82 Å². The average Bonchev–Trinajstić information content (AvgIpc) is 3.07. The number of hydrogen-bond donors (Lipinski definition) is 2. The van der Waals surface area contributed by atoms with E-state index < -0.39 is 0 Å². The number of hydrogen-bond acceptors (Lipinski definition) is 5. The highest BCUT2D eigenvalue weighted by Crippen LogP contribution is 2.21. The Morgan fingerprint density at radius 3 is 2.48 bits per heavy atom. The summed E-state index contributed by atoms with van der Waals surface area (Å²) >= 11 is 0.